The molecule has 0 aliphatic carbocycles. The fourth-order valence-electron chi connectivity index (χ4n) is 5.92. The Balaban J connectivity index is 4.31. The summed E-state index contributed by atoms with van der Waals surface area (Å²) in [7, 11) is 5.49. The molecule has 0 saturated heterocycles. The molecule has 0 rings (SSSR count). The number of carboxylic acid groups (broad SMARTS) is 1. The Bertz CT molecular complexity index is 937. The third-order valence-electron chi connectivity index (χ3n) is 9.09. The summed E-state index contributed by atoms with van der Waals surface area (Å²) in [4.78, 5) is 36.7. The fraction of sp³-hybridized carbons (Fsp3) is 0.791. The van der Waals surface area contributed by atoms with Crippen molar-refractivity contribution in [3.8, 4) is 0 Å². The van der Waals surface area contributed by atoms with Gasteiger partial charge in [-0.25, -0.2) is 4.79 Å². The molecule has 0 aromatic rings. The molecule has 8 nitrogen and oxygen atoms in total. The first-order valence-corrected chi connectivity index (χ1v) is 20.5. The minimum absolute atomic E-state index is 0.0272. The number of quaternary nitrogens is 1. The number of hydrogen-bond donors (Lipinski definition) is 1. The van der Waals surface area contributed by atoms with Gasteiger partial charge in [0, 0.05) is 12.8 Å². The molecule has 0 aromatic carbocycles. The number of nitrogens with zero attached hydrogens (tertiary/aromatic N) is 1. The van der Waals surface area contributed by atoms with Crippen molar-refractivity contribution < 1.29 is 38.2 Å². The number of carbonyl (C=O) groups is 3. The van der Waals surface area contributed by atoms with Gasteiger partial charge >= 0.3 is 17.9 Å². The van der Waals surface area contributed by atoms with Crippen LogP contribution in [0.4, 0.5) is 0 Å². The van der Waals surface area contributed by atoms with Gasteiger partial charge in [-0.2, -0.15) is 0 Å². The molecule has 0 fully saturated rings. The van der Waals surface area contributed by atoms with Crippen LogP contribution in [0.25, 0.3) is 0 Å². The number of esters is 2. The molecule has 0 aromatic heterocycles. The summed E-state index contributed by atoms with van der Waals surface area (Å²) in [6, 6.07) is -0.625. The minimum Gasteiger partial charge on any atom is -0.477 e. The maximum absolute atomic E-state index is 12.5. The number of hydrogen-bond acceptors (Lipinski definition) is 6. The van der Waals surface area contributed by atoms with Crippen LogP contribution in [-0.2, 0) is 28.6 Å². The second-order valence-corrected chi connectivity index (χ2v) is 14.9. The van der Waals surface area contributed by atoms with Gasteiger partial charge in [0.1, 0.15) is 6.61 Å². The molecular formula is C43H78NO7+. The highest BCUT2D eigenvalue weighted by Gasteiger charge is 2.31. The van der Waals surface area contributed by atoms with Gasteiger partial charge in [0.2, 0.25) is 0 Å². The standard InChI is InChI=1S/C43H77NO7/c1-6-8-10-12-14-16-17-18-19-20-21-22-23-24-26-27-29-31-33-41(45)50-38-39(37-49-36-35-40(43(47)48)44(3,4)5)51-42(46)34-32-30-28-25-15-13-11-9-7-2/h9,11,15,25,30,32,39-40H,6-8,10,12-14,16-24,26-29,31,33-38H2,1-5H3/p+1/b11-9+,25-15+,32-30+. The molecule has 2 atom stereocenters. The average Bonchev–Trinajstić information content (AvgIpc) is 3.08. The average molecular weight is 721 g/mol. The molecule has 0 aliphatic heterocycles. The minimum atomic E-state index is -0.887. The number of unbranched alkanes of at least 4 members (excludes halogenated alkanes) is 17. The molecule has 296 valence electrons. The molecule has 0 saturated carbocycles. The molecule has 51 heavy (non-hydrogen) atoms. The van der Waals surface area contributed by atoms with Gasteiger partial charge in [0.25, 0.3) is 0 Å². The predicted octanol–water partition coefficient (Wildman–Crippen LogP) is 10.7. The zero-order valence-corrected chi connectivity index (χ0v) is 33.6. The van der Waals surface area contributed by atoms with E-state index in [1.54, 1.807) is 6.08 Å². The summed E-state index contributed by atoms with van der Waals surface area (Å²) in [5.74, 6) is -1.62. The van der Waals surface area contributed by atoms with Crippen LogP contribution in [-0.4, -0.2) is 80.6 Å². The maximum atomic E-state index is 12.5. The Morgan fingerprint density at radius 2 is 1.08 bits per heavy atom. The number of likely N-dealkylation sites (N-methyl/N-ethyl adjacent to an activating group) is 1. The zero-order valence-electron chi connectivity index (χ0n) is 33.6. The van der Waals surface area contributed by atoms with E-state index < -0.39 is 24.1 Å². The molecule has 1 N–H and O–H groups in total. The normalized spacial score (nSPS) is 13.4. The summed E-state index contributed by atoms with van der Waals surface area (Å²) < 4.78 is 17.1. The SMILES string of the molecule is CC/C=C/C/C=C/C/C=C/CC(=O)OC(COCCC(C(=O)O)[N+](C)(C)C)COC(=O)CCCCCCCCCCCCCCCCCCCC. The highest BCUT2D eigenvalue weighted by atomic mass is 16.6. The second kappa shape index (κ2) is 34.6. The first-order chi connectivity index (χ1) is 24.6. The highest BCUT2D eigenvalue weighted by Crippen LogP contribution is 2.15. The topological polar surface area (TPSA) is 99.1 Å². The van der Waals surface area contributed by atoms with Crippen molar-refractivity contribution in [2.45, 2.75) is 180 Å². The van der Waals surface area contributed by atoms with Crippen molar-refractivity contribution in [2.75, 3.05) is 41.0 Å². The van der Waals surface area contributed by atoms with Crippen LogP contribution in [0, 0.1) is 0 Å². The lowest BCUT2D eigenvalue weighted by atomic mass is 10.0. The van der Waals surface area contributed by atoms with Crippen molar-refractivity contribution >= 4 is 17.9 Å². The molecule has 0 radical (unpaired) electrons. The Kier molecular flexibility index (Phi) is 33.0. The van der Waals surface area contributed by atoms with Crippen molar-refractivity contribution in [3.63, 3.8) is 0 Å². The molecule has 0 bridgehead atoms. The molecule has 0 heterocycles. The van der Waals surface area contributed by atoms with E-state index in [0.29, 0.717) is 12.8 Å². The third-order valence-corrected chi connectivity index (χ3v) is 9.09. The lowest BCUT2D eigenvalue weighted by Crippen LogP contribution is -2.50. The van der Waals surface area contributed by atoms with E-state index in [1.807, 2.05) is 27.2 Å². The lowest BCUT2D eigenvalue weighted by Gasteiger charge is -2.31. The van der Waals surface area contributed by atoms with E-state index in [1.165, 1.54) is 96.3 Å². The molecule has 2 unspecified atom stereocenters. The van der Waals surface area contributed by atoms with Gasteiger partial charge in [0.05, 0.1) is 40.8 Å². The molecule has 0 spiro atoms. The number of aliphatic carboxylic acids is 1. The van der Waals surface area contributed by atoms with E-state index in [9.17, 15) is 19.5 Å². The number of ether oxygens (including phenoxy) is 3. The molecule has 8 heteroatoms. The van der Waals surface area contributed by atoms with Crippen molar-refractivity contribution in [3.05, 3.63) is 36.5 Å². The summed E-state index contributed by atoms with van der Waals surface area (Å²) in [6.45, 7) is 4.51. The van der Waals surface area contributed by atoms with Crippen molar-refractivity contribution in [1.82, 2.24) is 0 Å². The smallest absolute Gasteiger partial charge is 0.362 e. The van der Waals surface area contributed by atoms with E-state index in [2.05, 4.69) is 38.2 Å². The van der Waals surface area contributed by atoms with Crippen molar-refractivity contribution in [2.24, 2.45) is 0 Å². The molecular weight excluding hydrogens is 642 g/mol. The summed E-state index contributed by atoms with van der Waals surface area (Å²) in [5.41, 5.74) is 0. The Labute approximate surface area is 313 Å². The van der Waals surface area contributed by atoms with Crippen LogP contribution in [0.3, 0.4) is 0 Å². The Morgan fingerprint density at radius 1 is 0.608 bits per heavy atom. The van der Waals surface area contributed by atoms with E-state index in [0.717, 1.165) is 38.5 Å². The Morgan fingerprint density at radius 3 is 1.55 bits per heavy atom. The molecule has 0 aliphatic rings. The summed E-state index contributed by atoms with van der Waals surface area (Å²) >= 11 is 0. The quantitative estimate of drug-likeness (QED) is 0.0298. The highest BCUT2D eigenvalue weighted by molar-refractivity contribution is 5.72. The van der Waals surface area contributed by atoms with Crippen LogP contribution < -0.4 is 0 Å². The van der Waals surface area contributed by atoms with E-state index in [-0.39, 0.29) is 36.7 Å². The van der Waals surface area contributed by atoms with Gasteiger partial charge in [-0.05, 0) is 25.7 Å². The van der Waals surface area contributed by atoms with Crippen LogP contribution in [0.2, 0.25) is 0 Å². The largest absolute Gasteiger partial charge is 0.477 e. The van der Waals surface area contributed by atoms with Crippen LogP contribution in [0.1, 0.15) is 168 Å². The third kappa shape index (κ3) is 33.2. The van der Waals surface area contributed by atoms with Crippen molar-refractivity contribution in [1.29, 1.82) is 0 Å². The first-order valence-electron chi connectivity index (χ1n) is 20.5. The number of carboxylic acids is 1. The molecule has 0 amide bonds. The summed E-state index contributed by atoms with van der Waals surface area (Å²) in [6.07, 6.45) is 38.1. The number of allylic oxidation sites excluding steroid dienone is 5. The first kappa shape index (κ1) is 48.5. The maximum Gasteiger partial charge on any atom is 0.362 e. The van der Waals surface area contributed by atoms with Gasteiger partial charge in [0.15, 0.2) is 12.1 Å². The van der Waals surface area contributed by atoms with Crippen LogP contribution in [0.5, 0.6) is 0 Å². The lowest BCUT2D eigenvalue weighted by molar-refractivity contribution is -0.887. The van der Waals surface area contributed by atoms with Gasteiger partial charge < -0.3 is 23.8 Å². The second-order valence-electron chi connectivity index (χ2n) is 14.9. The Hall–Kier alpha value is -2.45. The van der Waals surface area contributed by atoms with E-state index >= 15 is 0 Å². The van der Waals surface area contributed by atoms with Gasteiger partial charge in [-0.3, -0.25) is 9.59 Å². The van der Waals surface area contributed by atoms with Crippen LogP contribution >= 0.6 is 0 Å². The van der Waals surface area contributed by atoms with Gasteiger partial charge in [-0.1, -0.05) is 159 Å². The summed E-state index contributed by atoms with van der Waals surface area (Å²) in [5, 5.41) is 9.57. The zero-order chi connectivity index (χ0) is 37.8. The van der Waals surface area contributed by atoms with Gasteiger partial charge in [-0.15, -0.1) is 0 Å². The number of rotatable bonds is 36. The monoisotopic (exact) mass is 721 g/mol. The van der Waals surface area contributed by atoms with E-state index in [4.69, 9.17) is 14.2 Å². The van der Waals surface area contributed by atoms with Crippen LogP contribution in [0.15, 0.2) is 36.5 Å². The number of carbonyl (C=O) groups excluding carboxylic acids is 2. The predicted molar refractivity (Wildman–Crippen MR) is 211 cm³/mol. The fourth-order valence-corrected chi connectivity index (χ4v) is 5.92.